The first-order valence-corrected chi connectivity index (χ1v) is 11.4. The van der Waals surface area contributed by atoms with E-state index in [2.05, 4.69) is 0 Å². The Morgan fingerprint density at radius 1 is 1.06 bits per heavy atom. The first kappa shape index (κ1) is 22.3. The largest absolute Gasteiger partial charge is 0.475 e. The number of ketones is 1. The maximum atomic E-state index is 13.5. The molecule has 4 aromatic rings. The van der Waals surface area contributed by atoms with Crippen molar-refractivity contribution in [1.82, 2.24) is 4.90 Å². The van der Waals surface area contributed by atoms with Crippen LogP contribution in [0.25, 0.3) is 22.1 Å². The Morgan fingerprint density at radius 2 is 1.79 bits per heavy atom. The summed E-state index contributed by atoms with van der Waals surface area (Å²) < 4.78 is 17.8. The van der Waals surface area contributed by atoms with Crippen LogP contribution in [-0.2, 0) is 6.42 Å². The van der Waals surface area contributed by atoms with E-state index in [0.29, 0.717) is 16.2 Å². The Morgan fingerprint density at radius 3 is 2.50 bits per heavy atom. The molecule has 0 aliphatic carbocycles. The van der Waals surface area contributed by atoms with Gasteiger partial charge in [-0.05, 0) is 87.1 Å². The molecule has 0 bridgehead atoms. The second kappa shape index (κ2) is 9.01. The Hall–Kier alpha value is -3.54. The summed E-state index contributed by atoms with van der Waals surface area (Å²) in [5, 5.41) is 1.44. The summed E-state index contributed by atoms with van der Waals surface area (Å²) in [5.41, 5.74) is 3.77. The van der Waals surface area contributed by atoms with Crippen molar-refractivity contribution in [2.24, 2.45) is 0 Å². The average Bonchev–Trinajstić information content (AvgIpc) is 3.21. The molecule has 1 aliphatic rings. The first-order chi connectivity index (χ1) is 16.4. The number of rotatable bonds is 6. The minimum absolute atomic E-state index is 0.0674. The maximum absolute atomic E-state index is 13.5. The molecule has 172 valence electrons. The molecule has 0 spiro atoms. The summed E-state index contributed by atoms with van der Waals surface area (Å²) in [4.78, 5) is 15.5. The standard InChI is InChI=1S/C28H24ClNO4/c1-17(30(2)3)33-22-12-8-18(9-13-22)26-23-15-20-5-4-14-32-24(20)16-25(23)34-28(26)27(31)19-6-10-21(29)11-7-19/h4,6-17H,5H2,1-3H3. The lowest BCUT2D eigenvalue weighted by atomic mass is 9.96. The molecule has 0 N–H and O–H groups in total. The molecule has 1 aliphatic heterocycles. The third-order valence-corrected chi connectivity index (χ3v) is 6.24. The third kappa shape index (κ3) is 4.20. The molecular formula is C28H24ClNO4. The van der Waals surface area contributed by atoms with Crippen molar-refractivity contribution in [2.75, 3.05) is 14.1 Å². The molecule has 0 amide bonds. The van der Waals surface area contributed by atoms with Crippen molar-refractivity contribution < 1.29 is 18.7 Å². The number of nitrogens with zero attached hydrogens (tertiary/aromatic N) is 1. The number of benzene rings is 3. The second-order valence-electron chi connectivity index (χ2n) is 8.50. The zero-order valence-corrected chi connectivity index (χ0v) is 19.9. The van der Waals surface area contributed by atoms with Crippen LogP contribution in [0.1, 0.15) is 28.6 Å². The van der Waals surface area contributed by atoms with Gasteiger partial charge in [0.2, 0.25) is 5.78 Å². The van der Waals surface area contributed by atoms with E-state index >= 15 is 0 Å². The van der Waals surface area contributed by atoms with E-state index in [4.69, 9.17) is 25.5 Å². The Balaban J connectivity index is 1.63. The van der Waals surface area contributed by atoms with Gasteiger partial charge in [0.1, 0.15) is 23.3 Å². The van der Waals surface area contributed by atoms with Gasteiger partial charge in [-0.25, -0.2) is 0 Å². The second-order valence-corrected chi connectivity index (χ2v) is 8.93. The SMILES string of the molecule is CC(Oc1ccc(-c2c(C(=O)c3ccc(Cl)cc3)oc3cc4c(cc23)CC=CO4)cc1)N(C)C. The average molecular weight is 474 g/mol. The third-order valence-electron chi connectivity index (χ3n) is 5.99. The van der Waals surface area contributed by atoms with E-state index in [1.54, 1.807) is 30.5 Å². The number of halogens is 1. The highest BCUT2D eigenvalue weighted by molar-refractivity contribution is 6.30. The molecule has 5 rings (SSSR count). The normalized spacial score (nSPS) is 13.6. The smallest absolute Gasteiger partial charge is 0.228 e. The molecule has 2 heterocycles. The fourth-order valence-electron chi connectivity index (χ4n) is 3.92. The molecule has 0 saturated heterocycles. The predicted octanol–water partition coefficient (Wildman–Crippen LogP) is 6.72. The van der Waals surface area contributed by atoms with Crippen LogP contribution in [0, 0.1) is 0 Å². The zero-order chi connectivity index (χ0) is 23.8. The van der Waals surface area contributed by atoms with Crippen LogP contribution in [0.4, 0.5) is 0 Å². The highest BCUT2D eigenvalue weighted by Gasteiger charge is 2.25. The van der Waals surface area contributed by atoms with E-state index in [1.807, 2.05) is 68.4 Å². The molecule has 0 radical (unpaired) electrons. The van der Waals surface area contributed by atoms with Crippen LogP contribution in [0.2, 0.25) is 5.02 Å². The summed E-state index contributed by atoms with van der Waals surface area (Å²) in [6.45, 7) is 1.99. The van der Waals surface area contributed by atoms with Crippen LogP contribution in [-0.4, -0.2) is 31.0 Å². The van der Waals surface area contributed by atoms with Crippen molar-refractivity contribution >= 4 is 28.4 Å². The van der Waals surface area contributed by atoms with Crippen LogP contribution >= 0.6 is 11.6 Å². The molecule has 1 atom stereocenters. The Labute approximate surface area is 203 Å². The fraction of sp³-hybridized carbons (Fsp3) is 0.179. The number of hydrogen-bond acceptors (Lipinski definition) is 5. The van der Waals surface area contributed by atoms with Gasteiger partial charge in [0.15, 0.2) is 5.76 Å². The fourth-order valence-corrected chi connectivity index (χ4v) is 4.04. The summed E-state index contributed by atoms with van der Waals surface area (Å²) in [6.07, 6.45) is 4.32. The molecule has 5 nitrogen and oxygen atoms in total. The highest BCUT2D eigenvalue weighted by atomic mass is 35.5. The number of carbonyl (C=O) groups is 1. The van der Waals surface area contributed by atoms with E-state index < -0.39 is 0 Å². The van der Waals surface area contributed by atoms with Crippen molar-refractivity contribution in [2.45, 2.75) is 19.6 Å². The van der Waals surface area contributed by atoms with Crippen LogP contribution < -0.4 is 9.47 Å². The topological polar surface area (TPSA) is 51.9 Å². The quantitative estimate of drug-likeness (QED) is 0.230. The van der Waals surface area contributed by atoms with Gasteiger partial charge in [0, 0.05) is 27.6 Å². The summed E-state index contributed by atoms with van der Waals surface area (Å²) in [7, 11) is 3.93. The first-order valence-electron chi connectivity index (χ1n) is 11.1. The van der Waals surface area contributed by atoms with Gasteiger partial charge in [0.05, 0.1) is 6.26 Å². The monoisotopic (exact) mass is 473 g/mol. The van der Waals surface area contributed by atoms with E-state index in [9.17, 15) is 4.79 Å². The van der Waals surface area contributed by atoms with Crippen LogP contribution in [0.5, 0.6) is 11.5 Å². The summed E-state index contributed by atoms with van der Waals surface area (Å²) >= 11 is 6.03. The van der Waals surface area contributed by atoms with E-state index in [-0.39, 0.29) is 17.8 Å². The molecule has 1 unspecified atom stereocenters. The van der Waals surface area contributed by atoms with Crippen LogP contribution in [0.3, 0.4) is 0 Å². The minimum Gasteiger partial charge on any atom is -0.475 e. The Kier molecular flexibility index (Phi) is 5.90. The van der Waals surface area contributed by atoms with Gasteiger partial charge in [-0.2, -0.15) is 0 Å². The number of furan rings is 1. The zero-order valence-electron chi connectivity index (χ0n) is 19.2. The maximum Gasteiger partial charge on any atom is 0.228 e. The van der Waals surface area contributed by atoms with E-state index in [1.165, 1.54) is 0 Å². The van der Waals surface area contributed by atoms with Crippen molar-refractivity contribution in [3.8, 4) is 22.6 Å². The lowest BCUT2D eigenvalue weighted by Crippen LogP contribution is -2.30. The van der Waals surface area contributed by atoms with Gasteiger partial charge in [-0.15, -0.1) is 0 Å². The molecule has 0 saturated carbocycles. The summed E-state index contributed by atoms with van der Waals surface area (Å²) in [5.74, 6) is 1.56. The number of carbonyl (C=O) groups excluding carboxylic acids is 1. The van der Waals surface area contributed by atoms with Gasteiger partial charge < -0.3 is 13.9 Å². The molecule has 34 heavy (non-hydrogen) atoms. The number of allylic oxidation sites excluding steroid dienone is 1. The lowest BCUT2D eigenvalue weighted by Gasteiger charge is -2.21. The molecular weight excluding hydrogens is 450 g/mol. The van der Waals surface area contributed by atoms with Crippen molar-refractivity contribution in [3.63, 3.8) is 0 Å². The van der Waals surface area contributed by atoms with E-state index in [0.717, 1.165) is 40.0 Å². The lowest BCUT2D eigenvalue weighted by molar-refractivity contribution is 0.0815. The van der Waals surface area contributed by atoms with Gasteiger partial charge >= 0.3 is 0 Å². The highest BCUT2D eigenvalue weighted by Crippen LogP contribution is 2.40. The van der Waals surface area contributed by atoms with Gasteiger partial charge in [0.25, 0.3) is 0 Å². The number of fused-ring (bicyclic) bond motifs is 2. The number of hydrogen-bond donors (Lipinski definition) is 0. The molecule has 6 heteroatoms. The van der Waals surface area contributed by atoms with Gasteiger partial charge in [-0.1, -0.05) is 23.7 Å². The number of ether oxygens (including phenoxy) is 2. The van der Waals surface area contributed by atoms with Gasteiger partial charge in [-0.3, -0.25) is 9.69 Å². The molecule has 0 fully saturated rings. The van der Waals surface area contributed by atoms with Crippen LogP contribution in [0.15, 0.2) is 77.4 Å². The summed E-state index contributed by atoms with van der Waals surface area (Å²) in [6, 6.07) is 18.5. The minimum atomic E-state index is -0.207. The van der Waals surface area contributed by atoms with Crippen molar-refractivity contribution in [3.05, 3.63) is 94.9 Å². The molecule has 3 aromatic carbocycles. The Bertz CT molecular complexity index is 1380. The van der Waals surface area contributed by atoms with Crippen molar-refractivity contribution in [1.29, 1.82) is 0 Å². The molecule has 1 aromatic heterocycles. The predicted molar refractivity (Wildman–Crippen MR) is 134 cm³/mol.